The van der Waals surface area contributed by atoms with Crippen LogP contribution < -0.4 is 15.4 Å². The lowest BCUT2D eigenvalue weighted by Gasteiger charge is -2.15. The Morgan fingerprint density at radius 3 is 2.76 bits per heavy atom. The van der Waals surface area contributed by atoms with Crippen molar-refractivity contribution >= 4 is 15.8 Å². The van der Waals surface area contributed by atoms with Crippen LogP contribution in [0.4, 0.5) is 0 Å². The van der Waals surface area contributed by atoms with Crippen molar-refractivity contribution in [3.8, 4) is 5.75 Å². The van der Waals surface area contributed by atoms with Gasteiger partial charge >= 0.3 is 0 Å². The van der Waals surface area contributed by atoms with Crippen molar-refractivity contribution in [1.29, 1.82) is 0 Å². The first kappa shape index (κ1) is 19.6. The first-order valence-corrected chi connectivity index (χ1v) is 10.7. The maximum Gasteiger partial charge on any atom is 0.191 e. The third-order valence-corrected chi connectivity index (χ3v) is 6.00. The Bertz CT molecular complexity index is 702. The molecule has 1 aliphatic rings. The summed E-state index contributed by atoms with van der Waals surface area (Å²) >= 11 is 0. The summed E-state index contributed by atoms with van der Waals surface area (Å²) in [6.07, 6.45) is 0.723. The van der Waals surface area contributed by atoms with E-state index >= 15 is 0 Å². The number of nitrogens with zero attached hydrogens (tertiary/aromatic N) is 1. The summed E-state index contributed by atoms with van der Waals surface area (Å²) < 4.78 is 28.8. The SMILES string of the molecule is CCNC(=NCc1ccc(C)cc1OCC)NCC1CCS(=O)(=O)C1. The van der Waals surface area contributed by atoms with E-state index in [1.165, 1.54) is 0 Å². The van der Waals surface area contributed by atoms with Gasteiger partial charge in [-0.1, -0.05) is 12.1 Å². The van der Waals surface area contributed by atoms with Crippen molar-refractivity contribution in [2.45, 2.75) is 33.7 Å². The molecule has 0 spiro atoms. The molecule has 0 amide bonds. The molecule has 1 saturated heterocycles. The van der Waals surface area contributed by atoms with E-state index in [9.17, 15) is 8.42 Å². The Kier molecular flexibility index (Phi) is 7.11. The fraction of sp³-hybridized carbons (Fsp3) is 0.611. The summed E-state index contributed by atoms with van der Waals surface area (Å²) in [7, 11) is -2.84. The Labute approximate surface area is 151 Å². The van der Waals surface area contributed by atoms with Crippen molar-refractivity contribution in [3.63, 3.8) is 0 Å². The molecule has 140 valence electrons. The molecule has 2 N–H and O–H groups in total. The highest BCUT2D eigenvalue weighted by molar-refractivity contribution is 7.91. The highest BCUT2D eigenvalue weighted by Crippen LogP contribution is 2.21. The average molecular weight is 368 g/mol. The lowest BCUT2D eigenvalue weighted by Crippen LogP contribution is -2.40. The molecule has 1 aliphatic heterocycles. The van der Waals surface area contributed by atoms with E-state index in [2.05, 4.69) is 21.7 Å². The Morgan fingerprint density at radius 1 is 1.32 bits per heavy atom. The zero-order valence-electron chi connectivity index (χ0n) is 15.3. The van der Waals surface area contributed by atoms with Gasteiger partial charge in [-0.05, 0) is 44.7 Å². The molecule has 1 unspecified atom stereocenters. The zero-order chi connectivity index (χ0) is 18.3. The molecular weight excluding hydrogens is 338 g/mol. The number of aliphatic imine (C=N–C) groups is 1. The van der Waals surface area contributed by atoms with Crippen LogP contribution >= 0.6 is 0 Å². The highest BCUT2D eigenvalue weighted by atomic mass is 32.2. The maximum absolute atomic E-state index is 11.6. The van der Waals surface area contributed by atoms with E-state index in [4.69, 9.17) is 4.74 Å². The van der Waals surface area contributed by atoms with Crippen molar-refractivity contribution in [2.75, 3.05) is 31.2 Å². The second-order valence-corrected chi connectivity index (χ2v) is 8.62. The number of guanidine groups is 1. The fourth-order valence-electron chi connectivity index (χ4n) is 2.86. The molecule has 25 heavy (non-hydrogen) atoms. The van der Waals surface area contributed by atoms with Gasteiger partial charge in [0, 0.05) is 18.7 Å². The largest absolute Gasteiger partial charge is 0.494 e. The first-order chi connectivity index (χ1) is 11.9. The van der Waals surface area contributed by atoms with Crippen LogP contribution in [0.15, 0.2) is 23.2 Å². The van der Waals surface area contributed by atoms with E-state index in [-0.39, 0.29) is 11.7 Å². The second kappa shape index (κ2) is 9.08. The Balaban J connectivity index is 1.99. The molecule has 1 fully saturated rings. The molecule has 0 saturated carbocycles. The summed E-state index contributed by atoms with van der Waals surface area (Å²) in [5.41, 5.74) is 2.19. The van der Waals surface area contributed by atoms with E-state index < -0.39 is 9.84 Å². The number of ether oxygens (including phenoxy) is 1. The minimum Gasteiger partial charge on any atom is -0.494 e. The van der Waals surface area contributed by atoms with Gasteiger partial charge in [-0.2, -0.15) is 0 Å². The van der Waals surface area contributed by atoms with Crippen LogP contribution in [0.5, 0.6) is 5.75 Å². The van der Waals surface area contributed by atoms with Crippen molar-refractivity contribution < 1.29 is 13.2 Å². The van der Waals surface area contributed by atoms with Gasteiger partial charge in [-0.25, -0.2) is 13.4 Å². The standard InChI is InChI=1S/C18H29N3O3S/c1-4-19-18(20-11-15-8-9-25(22,23)13-15)21-12-16-7-6-14(3)10-17(16)24-5-2/h6-7,10,15H,4-5,8-9,11-13H2,1-3H3,(H2,19,20,21). The lowest BCUT2D eigenvalue weighted by atomic mass is 10.1. The van der Waals surface area contributed by atoms with Gasteiger partial charge in [0.2, 0.25) is 0 Å². The molecular formula is C18H29N3O3S. The van der Waals surface area contributed by atoms with Gasteiger partial charge in [-0.15, -0.1) is 0 Å². The maximum atomic E-state index is 11.6. The number of hydrogen-bond donors (Lipinski definition) is 2. The molecule has 0 aliphatic carbocycles. The average Bonchev–Trinajstić information content (AvgIpc) is 2.91. The summed E-state index contributed by atoms with van der Waals surface area (Å²) in [6.45, 7) is 8.52. The summed E-state index contributed by atoms with van der Waals surface area (Å²) in [5, 5.41) is 6.48. The first-order valence-electron chi connectivity index (χ1n) is 8.88. The van der Waals surface area contributed by atoms with Crippen molar-refractivity contribution in [2.24, 2.45) is 10.9 Å². The molecule has 2 rings (SSSR count). The summed E-state index contributed by atoms with van der Waals surface area (Å²) in [4.78, 5) is 4.62. The molecule has 6 nitrogen and oxygen atoms in total. The third-order valence-electron chi connectivity index (χ3n) is 4.16. The fourth-order valence-corrected chi connectivity index (χ4v) is 4.72. The van der Waals surface area contributed by atoms with E-state index in [1.54, 1.807) is 0 Å². The quantitative estimate of drug-likeness (QED) is 0.568. The number of aryl methyl sites for hydroxylation is 1. The van der Waals surface area contributed by atoms with Gasteiger partial charge < -0.3 is 15.4 Å². The second-order valence-electron chi connectivity index (χ2n) is 6.39. The number of benzene rings is 1. The highest BCUT2D eigenvalue weighted by Gasteiger charge is 2.27. The van der Waals surface area contributed by atoms with Gasteiger partial charge in [0.15, 0.2) is 15.8 Å². The van der Waals surface area contributed by atoms with Crippen LogP contribution in [0.1, 0.15) is 31.4 Å². The number of hydrogen-bond acceptors (Lipinski definition) is 4. The predicted molar refractivity (Wildman–Crippen MR) is 102 cm³/mol. The lowest BCUT2D eigenvalue weighted by molar-refractivity contribution is 0.336. The topological polar surface area (TPSA) is 79.8 Å². The number of nitrogens with one attached hydrogen (secondary N) is 2. The molecule has 0 aromatic heterocycles. The van der Waals surface area contributed by atoms with Crippen molar-refractivity contribution in [3.05, 3.63) is 29.3 Å². The van der Waals surface area contributed by atoms with Gasteiger partial charge in [0.05, 0.1) is 24.7 Å². The Morgan fingerprint density at radius 2 is 2.12 bits per heavy atom. The molecule has 1 aromatic carbocycles. The number of sulfone groups is 1. The van der Waals surface area contributed by atoms with E-state index in [1.807, 2.05) is 32.9 Å². The number of rotatable bonds is 7. The summed E-state index contributed by atoms with van der Waals surface area (Å²) in [6, 6.07) is 6.12. The molecule has 0 radical (unpaired) electrons. The minimum absolute atomic E-state index is 0.159. The molecule has 7 heteroatoms. The van der Waals surface area contributed by atoms with Crippen LogP contribution in [-0.4, -0.2) is 45.6 Å². The monoisotopic (exact) mass is 367 g/mol. The van der Waals surface area contributed by atoms with Crippen LogP contribution in [0.25, 0.3) is 0 Å². The van der Waals surface area contributed by atoms with Crippen LogP contribution in [0.3, 0.4) is 0 Å². The molecule has 0 bridgehead atoms. The molecule has 1 heterocycles. The Hall–Kier alpha value is -1.76. The van der Waals surface area contributed by atoms with Crippen LogP contribution in [-0.2, 0) is 16.4 Å². The molecule has 1 atom stereocenters. The molecule has 1 aromatic rings. The third kappa shape index (κ3) is 6.23. The minimum atomic E-state index is -2.84. The normalized spacial score (nSPS) is 19.6. The van der Waals surface area contributed by atoms with Gasteiger partial charge in [-0.3, -0.25) is 0 Å². The zero-order valence-corrected chi connectivity index (χ0v) is 16.2. The van der Waals surface area contributed by atoms with E-state index in [0.29, 0.717) is 31.4 Å². The summed E-state index contributed by atoms with van der Waals surface area (Å²) in [5.74, 6) is 2.30. The van der Waals surface area contributed by atoms with Crippen molar-refractivity contribution in [1.82, 2.24) is 10.6 Å². The van der Waals surface area contributed by atoms with Gasteiger partial charge in [0.1, 0.15) is 5.75 Å². The van der Waals surface area contributed by atoms with Crippen LogP contribution in [0.2, 0.25) is 0 Å². The smallest absolute Gasteiger partial charge is 0.191 e. The predicted octanol–water partition coefficient (Wildman–Crippen LogP) is 1.88. The van der Waals surface area contributed by atoms with Crippen LogP contribution in [0, 0.1) is 12.8 Å². The van der Waals surface area contributed by atoms with Gasteiger partial charge in [0.25, 0.3) is 0 Å². The van der Waals surface area contributed by atoms with E-state index in [0.717, 1.165) is 29.8 Å².